The van der Waals surface area contributed by atoms with Crippen molar-refractivity contribution in [3.05, 3.63) is 73.2 Å². The van der Waals surface area contributed by atoms with Gasteiger partial charge < -0.3 is 16.0 Å². The van der Waals surface area contributed by atoms with E-state index in [1.165, 1.54) is 13.8 Å². The van der Waals surface area contributed by atoms with Crippen LogP contribution >= 0.6 is 0 Å². The fraction of sp³-hybridized carbons (Fsp3) is 0.105. The lowest BCUT2D eigenvalue weighted by atomic mass is 10.3. The minimum absolute atomic E-state index is 0.0917. The zero-order valence-electron chi connectivity index (χ0n) is 14.3. The van der Waals surface area contributed by atoms with Gasteiger partial charge >= 0.3 is 0 Å². The van der Waals surface area contributed by atoms with Gasteiger partial charge in [0.2, 0.25) is 11.8 Å². The summed E-state index contributed by atoms with van der Waals surface area (Å²) in [7, 11) is 0. The molecule has 0 aliphatic rings. The molecule has 0 aliphatic carbocycles. The molecule has 0 spiro atoms. The minimum Gasteiger partial charge on any atom is -0.362 e. The number of aliphatic imine (C=N–C) groups is 1. The first-order chi connectivity index (χ1) is 12.1. The van der Waals surface area contributed by atoms with Gasteiger partial charge in [0.05, 0.1) is 0 Å². The highest BCUT2D eigenvalue weighted by Gasteiger charge is 1.94. The Labute approximate surface area is 147 Å². The van der Waals surface area contributed by atoms with Gasteiger partial charge in [-0.1, -0.05) is 6.08 Å². The molecule has 2 amide bonds. The number of carbonyl (C=O) groups is 2. The van der Waals surface area contributed by atoms with Gasteiger partial charge in [-0.05, 0) is 48.6 Å². The molecule has 1 aromatic rings. The number of nitrogens with zero attached hydrogens (tertiary/aromatic N) is 1. The minimum atomic E-state index is -0.111. The molecule has 0 aliphatic heterocycles. The molecule has 0 bridgehead atoms. The van der Waals surface area contributed by atoms with Gasteiger partial charge in [0.1, 0.15) is 0 Å². The van der Waals surface area contributed by atoms with Crippen LogP contribution in [0.2, 0.25) is 0 Å². The lowest BCUT2D eigenvalue weighted by Gasteiger charge is -2.03. The van der Waals surface area contributed by atoms with E-state index in [0.29, 0.717) is 0 Å². The van der Waals surface area contributed by atoms with E-state index >= 15 is 0 Å². The van der Waals surface area contributed by atoms with Crippen LogP contribution in [-0.4, -0.2) is 18.0 Å². The van der Waals surface area contributed by atoms with Crippen molar-refractivity contribution in [3.63, 3.8) is 0 Å². The Balaban J connectivity index is 2.28. The summed E-state index contributed by atoms with van der Waals surface area (Å²) >= 11 is 0. The third-order valence-electron chi connectivity index (χ3n) is 2.61. The molecule has 6 nitrogen and oxygen atoms in total. The Kier molecular flexibility index (Phi) is 9.48. The number of benzene rings is 1. The van der Waals surface area contributed by atoms with Gasteiger partial charge in [0.25, 0.3) is 0 Å². The highest BCUT2D eigenvalue weighted by Crippen LogP contribution is 2.13. The maximum Gasteiger partial charge on any atom is 0.221 e. The molecule has 0 atom stereocenters. The molecule has 0 fully saturated rings. The summed E-state index contributed by atoms with van der Waals surface area (Å²) in [6.45, 7) is 2.92. The first-order valence-corrected chi connectivity index (χ1v) is 7.66. The molecule has 3 N–H and O–H groups in total. The van der Waals surface area contributed by atoms with Crippen molar-refractivity contribution in [2.45, 2.75) is 13.8 Å². The fourth-order valence-electron chi connectivity index (χ4n) is 1.59. The maximum absolute atomic E-state index is 10.9. The van der Waals surface area contributed by atoms with Crippen LogP contribution in [0.1, 0.15) is 13.8 Å². The molecule has 0 saturated heterocycles. The molecular formula is C19H22N4O2. The quantitative estimate of drug-likeness (QED) is 0.502. The van der Waals surface area contributed by atoms with Crippen molar-refractivity contribution in [2.24, 2.45) is 4.99 Å². The number of hydrogen-bond acceptors (Lipinski definition) is 4. The summed E-state index contributed by atoms with van der Waals surface area (Å²) in [6, 6.07) is 7.40. The molecule has 0 heterocycles. The van der Waals surface area contributed by atoms with Gasteiger partial charge in [-0.25, -0.2) is 0 Å². The normalized spacial score (nSPS) is 11.9. The van der Waals surface area contributed by atoms with E-state index in [4.69, 9.17) is 0 Å². The van der Waals surface area contributed by atoms with E-state index in [-0.39, 0.29) is 11.8 Å². The van der Waals surface area contributed by atoms with Crippen LogP contribution in [0.25, 0.3) is 0 Å². The van der Waals surface area contributed by atoms with Gasteiger partial charge in [-0.3, -0.25) is 14.6 Å². The SMILES string of the molecule is CC(=O)N/C=C/C=C/N=C/C=C/C=C/Nc1ccc(NC(C)=O)cc1. The van der Waals surface area contributed by atoms with Crippen molar-refractivity contribution in [1.29, 1.82) is 0 Å². The van der Waals surface area contributed by atoms with Crippen molar-refractivity contribution in [3.8, 4) is 0 Å². The first kappa shape index (κ1) is 19.6. The van der Waals surface area contributed by atoms with Crippen LogP contribution < -0.4 is 16.0 Å². The van der Waals surface area contributed by atoms with E-state index in [0.717, 1.165) is 11.4 Å². The second kappa shape index (κ2) is 12.1. The standard InChI is InChI=1S/C19H22N4O2/c1-16(24)21-14-7-6-13-20-12-4-3-5-15-22-18-8-10-19(11-9-18)23-17(2)25/h3-15,22H,1-2H3,(H,21,24)(H,23,25)/b4-3+,13-6+,14-7+,15-5+,20-12+. The van der Waals surface area contributed by atoms with E-state index in [1.54, 1.807) is 43.0 Å². The van der Waals surface area contributed by atoms with Crippen molar-refractivity contribution >= 4 is 29.4 Å². The second-order valence-corrected chi connectivity index (χ2v) is 4.85. The molecule has 1 rings (SSSR count). The Morgan fingerprint density at radius 1 is 0.840 bits per heavy atom. The van der Waals surface area contributed by atoms with Crippen LogP contribution in [0.15, 0.2) is 78.2 Å². The maximum atomic E-state index is 10.9. The lowest BCUT2D eigenvalue weighted by molar-refractivity contribution is -0.118. The zero-order chi connectivity index (χ0) is 18.3. The van der Waals surface area contributed by atoms with Crippen molar-refractivity contribution in [1.82, 2.24) is 5.32 Å². The summed E-state index contributed by atoms with van der Waals surface area (Å²) in [6.07, 6.45) is 15.5. The molecule has 0 unspecified atom stereocenters. The summed E-state index contributed by atoms with van der Waals surface area (Å²) in [5.74, 6) is -0.203. The summed E-state index contributed by atoms with van der Waals surface area (Å²) in [5, 5.41) is 8.35. The molecular weight excluding hydrogens is 316 g/mol. The van der Waals surface area contributed by atoms with Gasteiger partial charge in [0, 0.05) is 50.0 Å². The van der Waals surface area contributed by atoms with Crippen LogP contribution in [-0.2, 0) is 9.59 Å². The Morgan fingerprint density at radius 3 is 2.20 bits per heavy atom. The molecule has 1 aromatic carbocycles. The van der Waals surface area contributed by atoms with E-state index in [9.17, 15) is 9.59 Å². The number of rotatable bonds is 8. The zero-order valence-corrected chi connectivity index (χ0v) is 14.3. The average molecular weight is 338 g/mol. The summed E-state index contributed by atoms with van der Waals surface area (Å²) < 4.78 is 0. The number of amides is 2. The Hall–Kier alpha value is -3.41. The summed E-state index contributed by atoms with van der Waals surface area (Å²) in [4.78, 5) is 25.6. The van der Waals surface area contributed by atoms with Gasteiger partial charge in [-0.2, -0.15) is 0 Å². The Bertz CT molecular complexity index is 699. The molecule has 0 aromatic heterocycles. The Morgan fingerprint density at radius 2 is 1.52 bits per heavy atom. The van der Waals surface area contributed by atoms with Crippen molar-refractivity contribution < 1.29 is 9.59 Å². The van der Waals surface area contributed by atoms with E-state index in [1.807, 2.05) is 36.4 Å². The van der Waals surface area contributed by atoms with Crippen LogP contribution in [0.3, 0.4) is 0 Å². The number of allylic oxidation sites excluding steroid dienone is 5. The smallest absolute Gasteiger partial charge is 0.221 e. The van der Waals surface area contributed by atoms with Gasteiger partial charge in [-0.15, -0.1) is 0 Å². The molecule has 6 heteroatoms. The molecule has 130 valence electrons. The van der Waals surface area contributed by atoms with E-state index in [2.05, 4.69) is 20.9 Å². The fourth-order valence-corrected chi connectivity index (χ4v) is 1.59. The highest BCUT2D eigenvalue weighted by atomic mass is 16.1. The number of carbonyl (C=O) groups excluding carboxylic acids is 2. The topological polar surface area (TPSA) is 82.6 Å². The predicted octanol–water partition coefficient (Wildman–Crippen LogP) is 3.36. The number of hydrogen-bond donors (Lipinski definition) is 3. The number of nitrogens with one attached hydrogen (secondary N) is 3. The average Bonchev–Trinajstić information content (AvgIpc) is 2.56. The highest BCUT2D eigenvalue weighted by molar-refractivity contribution is 5.88. The number of anilines is 2. The molecule has 0 saturated carbocycles. The molecule has 25 heavy (non-hydrogen) atoms. The predicted molar refractivity (Wildman–Crippen MR) is 103 cm³/mol. The van der Waals surface area contributed by atoms with Crippen molar-refractivity contribution in [2.75, 3.05) is 10.6 Å². The van der Waals surface area contributed by atoms with Crippen LogP contribution in [0.5, 0.6) is 0 Å². The lowest BCUT2D eigenvalue weighted by Crippen LogP contribution is -2.10. The van der Waals surface area contributed by atoms with E-state index < -0.39 is 0 Å². The largest absolute Gasteiger partial charge is 0.362 e. The molecule has 0 radical (unpaired) electrons. The van der Waals surface area contributed by atoms with Crippen LogP contribution in [0, 0.1) is 0 Å². The van der Waals surface area contributed by atoms with Gasteiger partial charge in [0.15, 0.2) is 0 Å². The second-order valence-electron chi connectivity index (χ2n) is 4.85. The first-order valence-electron chi connectivity index (χ1n) is 7.66. The third kappa shape index (κ3) is 10.9. The van der Waals surface area contributed by atoms with Crippen LogP contribution in [0.4, 0.5) is 11.4 Å². The summed E-state index contributed by atoms with van der Waals surface area (Å²) in [5.41, 5.74) is 1.68. The monoisotopic (exact) mass is 338 g/mol. The third-order valence-corrected chi connectivity index (χ3v) is 2.61.